The van der Waals surface area contributed by atoms with E-state index in [1.807, 2.05) is 0 Å². The number of hydrogen-bond donors (Lipinski definition) is 0. The molecule has 0 spiro atoms. The summed E-state index contributed by atoms with van der Waals surface area (Å²) in [6.07, 6.45) is 13.8. The van der Waals surface area contributed by atoms with Crippen molar-refractivity contribution in [2.45, 2.75) is 74.7 Å². The van der Waals surface area contributed by atoms with Crippen LogP contribution in [0.4, 0.5) is 0 Å². The van der Waals surface area contributed by atoms with Crippen LogP contribution in [-0.2, 0) is 0 Å². The zero-order valence-corrected chi connectivity index (χ0v) is 16.7. The first-order chi connectivity index (χ1) is 10.7. The van der Waals surface area contributed by atoms with Gasteiger partial charge >= 0.3 is 0 Å². The smallest absolute Gasteiger partial charge is 0.0191 e. The van der Waals surface area contributed by atoms with E-state index in [1.54, 1.807) is 0 Å². The summed E-state index contributed by atoms with van der Waals surface area (Å²) < 4.78 is 0. The van der Waals surface area contributed by atoms with E-state index in [-0.39, 0.29) is 0 Å². The summed E-state index contributed by atoms with van der Waals surface area (Å²) in [5, 5.41) is 0. The van der Waals surface area contributed by atoms with E-state index in [4.69, 9.17) is 0 Å². The van der Waals surface area contributed by atoms with Crippen LogP contribution in [-0.4, -0.2) is 0 Å². The van der Waals surface area contributed by atoms with E-state index in [0.29, 0.717) is 0 Å². The Bertz CT molecular complexity index is 436. The van der Waals surface area contributed by atoms with Crippen molar-refractivity contribution in [3.63, 3.8) is 0 Å². The molecule has 23 heavy (non-hydrogen) atoms. The van der Waals surface area contributed by atoms with Crippen molar-refractivity contribution in [3.8, 4) is 0 Å². The van der Waals surface area contributed by atoms with Crippen LogP contribution in [0.15, 0.2) is 46.6 Å². The van der Waals surface area contributed by atoms with Gasteiger partial charge in [-0.25, -0.2) is 0 Å². The van der Waals surface area contributed by atoms with Crippen molar-refractivity contribution in [2.75, 3.05) is 0 Å². The molecule has 0 aromatic carbocycles. The number of hydrogen-bond acceptors (Lipinski definition) is 0. The summed E-state index contributed by atoms with van der Waals surface area (Å²) in [5.74, 6) is 3.01. The predicted octanol–water partition coefficient (Wildman–Crippen LogP) is 7.50. The summed E-state index contributed by atoms with van der Waals surface area (Å²) in [6.45, 7) is 17.9. The van der Waals surface area contributed by atoms with E-state index in [2.05, 4.69) is 79.7 Å². The second-order valence-electron chi connectivity index (χ2n) is 8.41. The molecular weight excluding hydrogens is 276 g/mol. The van der Waals surface area contributed by atoms with Gasteiger partial charge < -0.3 is 0 Å². The van der Waals surface area contributed by atoms with Crippen molar-refractivity contribution in [1.82, 2.24) is 0 Å². The molecule has 4 atom stereocenters. The topological polar surface area (TPSA) is 0 Å². The van der Waals surface area contributed by atoms with Crippen LogP contribution in [0.1, 0.15) is 74.7 Å². The van der Waals surface area contributed by atoms with Crippen molar-refractivity contribution in [1.29, 1.82) is 0 Å². The van der Waals surface area contributed by atoms with Gasteiger partial charge in [-0.05, 0) is 98.3 Å². The van der Waals surface area contributed by atoms with Crippen LogP contribution in [0.3, 0.4) is 0 Å². The van der Waals surface area contributed by atoms with Gasteiger partial charge in [-0.3, -0.25) is 0 Å². The maximum Gasteiger partial charge on any atom is -0.0191 e. The van der Waals surface area contributed by atoms with E-state index in [1.165, 1.54) is 41.6 Å². The minimum Gasteiger partial charge on any atom is -0.0856 e. The molecule has 0 radical (unpaired) electrons. The molecule has 4 unspecified atom stereocenters. The van der Waals surface area contributed by atoms with Crippen molar-refractivity contribution in [3.05, 3.63) is 46.6 Å². The lowest BCUT2D eigenvalue weighted by Gasteiger charge is -2.24. The van der Waals surface area contributed by atoms with Crippen molar-refractivity contribution < 1.29 is 0 Å². The maximum absolute atomic E-state index is 2.54. The van der Waals surface area contributed by atoms with Gasteiger partial charge in [-0.1, -0.05) is 46.6 Å². The van der Waals surface area contributed by atoms with Crippen LogP contribution in [0.5, 0.6) is 0 Å². The summed E-state index contributed by atoms with van der Waals surface area (Å²) in [6, 6.07) is 0. The van der Waals surface area contributed by atoms with Gasteiger partial charge in [-0.2, -0.15) is 0 Å². The van der Waals surface area contributed by atoms with Crippen LogP contribution in [0.2, 0.25) is 0 Å². The van der Waals surface area contributed by atoms with E-state index >= 15 is 0 Å². The van der Waals surface area contributed by atoms with Crippen molar-refractivity contribution in [2.24, 2.45) is 23.7 Å². The molecule has 1 saturated carbocycles. The number of rotatable bonds is 6. The normalized spacial score (nSPS) is 26.4. The van der Waals surface area contributed by atoms with E-state index in [0.717, 1.165) is 23.7 Å². The Labute approximate surface area is 145 Å². The van der Waals surface area contributed by atoms with Gasteiger partial charge in [0.1, 0.15) is 0 Å². The molecule has 1 aliphatic rings. The Kier molecular flexibility index (Phi) is 8.09. The molecule has 0 aromatic rings. The minimum absolute atomic E-state index is 0.728. The van der Waals surface area contributed by atoms with E-state index in [9.17, 15) is 0 Å². The highest BCUT2D eigenvalue weighted by molar-refractivity contribution is 5.13. The summed E-state index contributed by atoms with van der Waals surface area (Å²) in [5.41, 5.74) is 5.84. The second-order valence-corrected chi connectivity index (χ2v) is 8.41. The summed E-state index contributed by atoms with van der Waals surface area (Å²) in [7, 11) is 0. The molecular formula is C23H38. The lowest BCUT2D eigenvalue weighted by molar-refractivity contribution is 0.326. The van der Waals surface area contributed by atoms with Crippen LogP contribution < -0.4 is 0 Å². The molecule has 0 nitrogen and oxygen atoms in total. The lowest BCUT2D eigenvalue weighted by atomic mass is 9.81. The Morgan fingerprint density at radius 2 is 0.957 bits per heavy atom. The monoisotopic (exact) mass is 314 g/mol. The Morgan fingerprint density at radius 3 is 1.22 bits per heavy atom. The SMILES string of the molecule is CC(C)=CCC1C(C=C(C)C)CC(C=C(C)C)C1CC=C(C)C. The molecule has 0 saturated heterocycles. The third-order valence-corrected chi connectivity index (χ3v) is 4.89. The summed E-state index contributed by atoms with van der Waals surface area (Å²) in [4.78, 5) is 0. The fourth-order valence-corrected chi connectivity index (χ4v) is 3.98. The predicted molar refractivity (Wildman–Crippen MR) is 106 cm³/mol. The fourth-order valence-electron chi connectivity index (χ4n) is 3.98. The van der Waals surface area contributed by atoms with Gasteiger partial charge in [0.05, 0.1) is 0 Å². The molecule has 0 heteroatoms. The molecule has 1 fully saturated rings. The molecule has 0 aromatic heterocycles. The molecule has 1 rings (SSSR count). The highest BCUT2D eigenvalue weighted by Gasteiger charge is 2.39. The zero-order valence-electron chi connectivity index (χ0n) is 16.7. The van der Waals surface area contributed by atoms with Gasteiger partial charge in [0.25, 0.3) is 0 Å². The Balaban J connectivity index is 3.14. The second kappa shape index (κ2) is 9.30. The Morgan fingerprint density at radius 1 is 0.609 bits per heavy atom. The van der Waals surface area contributed by atoms with Gasteiger partial charge in [-0.15, -0.1) is 0 Å². The molecule has 0 aliphatic heterocycles. The van der Waals surface area contributed by atoms with Gasteiger partial charge in [0.15, 0.2) is 0 Å². The van der Waals surface area contributed by atoms with Crippen LogP contribution in [0.25, 0.3) is 0 Å². The first-order valence-corrected chi connectivity index (χ1v) is 9.27. The average molecular weight is 315 g/mol. The zero-order chi connectivity index (χ0) is 17.6. The van der Waals surface area contributed by atoms with Crippen LogP contribution in [0, 0.1) is 23.7 Å². The molecule has 0 N–H and O–H groups in total. The largest absolute Gasteiger partial charge is 0.0856 e. The highest BCUT2D eigenvalue weighted by Crippen LogP contribution is 2.47. The first kappa shape index (κ1) is 20.0. The third-order valence-electron chi connectivity index (χ3n) is 4.89. The first-order valence-electron chi connectivity index (χ1n) is 9.27. The molecule has 1 aliphatic carbocycles. The highest BCUT2D eigenvalue weighted by atomic mass is 14.4. The van der Waals surface area contributed by atoms with Gasteiger partial charge in [0.2, 0.25) is 0 Å². The fraction of sp³-hybridized carbons (Fsp3) is 0.652. The number of allylic oxidation sites excluding steroid dienone is 8. The lowest BCUT2D eigenvalue weighted by Crippen LogP contribution is -2.16. The molecule has 130 valence electrons. The Hall–Kier alpha value is -1.04. The minimum atomic E-state index is 0.728. The van der Waals surface area contributed by atoms with Gasteiger partial charge in [0, 0.05) is 0 Å². The van der Waals surface area contributed by atoms with Crippen LogP contribution >= 0.6 is 0 Å². The van der Waals surface area contributed by atoms with E-state index < -0.39 is 0 Å². The molecule has 0 heterocycles. The maximum atomic E-state index is 2.54. The molecule has 0 bridgehead atoms. The molecule has 0 amide bonds. The quantitative estimate of drug-likeness (QED) is 0.445. The van der Waals surface area contributed by atoms with Crippen molar-refractivity contribution >= 4 is 0 Å². The standard InChI is InChI=1S/C23H38/c1-16(2)9-11-22-20(13-18(5)6)15-21(14-19(7)8)23(22)12-10-17(3)4/h9-10,13-14,20-23H,11-12,15H2,1-8H3. The third kappa shape index (κ3) is 6.94. The average Bonchev–Trinajstić information content (AvgIpc) is 2.69. The summed E-state index contributed by atoms with van der Waals surface area (Å²) >= 11 is 0.